The van der Waals surface area contributed by atoms with Crippen LogP contribution in [0.3, 0.4) is 0 Å². The lowest BCUT2D eigenvalue weighted by Gasteiger charge is -2.05. The molecule has 1 aliphatic carbocycles. The van der Waals surface area contributed by atoms with Gasteiger partial charge in [0.1, 0.15) is 5.39 Å². The summed E-state index contributed by atoms with van der Waals surface area (Å²) in [4.78, 5) is 29.7. The van der Waals surface area contributed by atoms with Crippen LogP contribution < -0.4 is 11.2 Å². The minimum atomic E-state index is -3.69. The van der Waals surface area contributed by atoms with E-state index in [1.54, 1.807) is 0 Å². The van der Waals surface area contributed by atoms with Gasteiger partial charge in [0, 0.05) is 12.3 Å². The van der Waals surface area contributed by atoms with Crippen LogP contribution in [0.2, 0.25) is 0 Å². The van der Waals surface area contributed by atoms with Crippen molar-refractivity contribution in [1.29, 1.82) is 0 Å². The van der Waals surface area contributed by atoms with E-state index in [-0.39, 0.29) is 11.1 Å². The maximum absolute atomic E-state index is 12.1. The SMILES string of the molecule is CS(=O)(=O)c1nc2oc(=O)cc(CCC3CC3)c2c(=O)[nH]1. The lowest BCUT2D eigenvalue weighted by atomic mass is 10.1. The normalized spacial score (nSPS) is 15.5. The largest absolute Gasteiger partial charge is 0.403 e. The number of nitrogens with zero attached hydrogens (tertiary/aromatic N) is 1. The van der Waals surface area contributed by atoms with E-state index < -0.39 is 26.2 Å². The van der Waals surface area contributed by atoms with Crippen molar-refractivity contribution in [1.82, 2.24) is 9.97 Å². The van der Waals surface area contributed by atoms with Gasteiger partial charge >= 0.3 is 5.63 Å². The molecule has 0 atom stereocenters. The van der Waals surface area contributed by atoms with Crippen molar-refractivity contribution in [3.8, 4) is 0 Å². The first kappa shape index (κ1) is 14.0. The number of rotatable bonds is 4. The Bertz CT molecular complexity index is 922. The standard InChI is InChI=1S/C13H14N2O5S/c1-21(18,19)13-14-11(17)10-8(5-4-7-2-3-7)6-9(16)20-12(10)15-13/h6-7H,2-5H2,1H3,(H,14,15,17). The number of aryl methyl sites for hydroxylation is 1. The van der Waals surface area contributed by atoms with Crippen LogP contribution in [0.15, 0.2) is 25.2 Å². The Morgan fingerprint density at radius 1 is 1.38 bits per heavy atom. The summed E-state index contributed by atoms with van der Waals surface area (Å²) < 4.78 is 27.8. The molecule has 0 aliphatic heterocycles. The highest BCUT2D eigenvalue weighted by Gasteiger charge is 2.22. The fraction of sp³-hybridized carbons (Fsp3) is 0.462. The van der Waals surface area contributed by atoms with Crippen LogP contribution in [-0.4, -0.2) is 24.6 Å². The highest BCUT2D eigenvalue weighted by atomic mass is 32.2. The van der Waals surface area contributed by atoms with Crippen LogP contribution in [0.25, 0.3) is 11.1 Å². The summed E-state index contributed by atoms with van der Waals surface area (Å²) in [5.41, 5.74) is -0.903. The lowest BCUT2D eigenvalue weighted by molar-refractivity contribution is 0.536. The van der Waals surface area contributed by atoms with E-state index in [0.717, 1.165) is 12.7 Å². The molecule has 21 heavy (non-hydrogen) atoms. The van der Waals surface area contributed by atoms with Gasteiger partial charge in [-0.25, -0.2) is 13.2 Å². The van der Waals surface area contributed by atoms with Crippen LogP contribution in [0.4, 0.5) is 0 Å². The van der Waals surface area contributed by atoms with Crippen molar-refractivity contribution >= 4 is 20.9 Å². The van der Waals surface area contributed by atoms with Crippen molar-refractivity contribution in [2.24, 2.45) is 5.92 Å². The predicted molar refractivity (Wildman–Crippen MR) is 75.1 cm³/mol. The molecule has 0 amide bonds. The summed E-state index contributed by atoms with van der Waals surface area (Å²) in [5.74, 6) is 0.648. The molecule has 0 unspecified atom stereocenters. The van der Waals surface area contributed by atoms with E-state index >= 15 is 0 Å². The van der Waals surface area contributed by atoms with Crippen LogP contribution >= 0.6 is 0 Å². The van der Waals surface area contributed by atoms with E-state index in [9.17, 15) is 18.0 Å². The third-order valence-corrected chi connectivity index (χ3v) is 4.44. The predicted octanol–water partition coefficient (Wildman–Crippen LogP) is 0.622. The van der Waals surface area contributed by atoms with Crippen molar-refractivity contribution < 1.29 is 12.8 Å². The summed E-state index contributed by atoms with van der Waals surface area (Å²) >= 11 is 0. The molecule has 2 aromatic rings. The van der Waals surface area contributed by atoms with Crippen molar-refractivity contribution in [2.75, 3.05) is 6.26 Å². The van der Waals surface area contributed by atoms with Crippen LogP contribution in [0, 0.1) is 5.92 Å². The maximum Gasteiger partial charge on any atom is 0.337 e. The maximum atomic E-state index is 12.1. The van der Waals surface area contributed by atoms with Crippen molar-refractivity contribution in [2.45, 2.75) is 30.8 Å². The molecular weight excluding hydrogens is 296 g/mol. The van der Waals surface area contributed by atoms with Gasteiger partial charge in [0.2, 0.25) is 20.7 Å². The number of fused-ring (bicyclic) bond motifs is 1. The lowest BCUT2D eigenvalue weighted by Crippen LogP contribution is -2.18. The van der Waals surface area contributed by atoms with Gasteiger partial charge in [-0.15, -0.1) is 0 Å². The molecule has 0 spiro atoms. The van der Waals surface area contributed by atoms with Crippen LogP contribution in [0.5, 0.6) is 0 Å². The molecule has 0 saturated heterocycles. The van der Waals surface area contributed by atoms with Crippen LogP contribution in [-0.2, 0) is 16.3 Å². The average Bonchev–Trinajstić information content (AvgIpc) is 3.17. The van der Waals surface area contributed by atoms with Gasteiger partial charge in [0.05, 0.1) is 0 Å². The number of aromatic amines is 1. The van der Waals surface area contributed by atoms with E-state index in [4.69, 9.17) is 4.42 Å². The first-order valence-electron chi connectivity index (χ1n) is 6.62. The fourth-order valence-electron chi connectivity index (χ4n) is 2.27. The Morgan fingerprint density at radius 3 is 2.71 bits per heavy atom. The monoisotopic (exact) mass is 310 g/mol. The number of hydrogen-bond donors (Lipinski definition) is 1. The summed E-state index contributed by atoms with van der Waals surface area (Å²) in [6.45, 7) is 0. The van der Waals surface area contributed by atoms with E-state index in [1.807, 2.05) is 0 Å². The van der Waals surface area contributed by atoms with E-state index in [2.05, 4.69) is 9.97 Å². The second kappa shape index (κ2) is 4.80. The number of nitrogens with one attached hydrogen (secondary N) is 1. The molecule has 1 N–H and O–H groups in total. The molecule has 1 aliphatic rings. The Kier molecular flexibility index (Phi) is 3.20. The number of H-pyrrole nitrogens is 1. The number of aromatic nitrogens is 2. The molecule has 1 fully saturated rings. The molecule has 112 valence electrons. The van der Waals surface area contributed by atoms with Gasteiger partial charge in [-0.2, -0.15) is 4.98 Å². The van der Waals surface area contributed by atoms with Crippen molar-refractivity contribution in [3.05, 3.63) is 32.4 Å². The highest BCUT2D eigenvalue weighted by Crippen LogP contribution is 2.33. The first-order chi connectivity index (χ1) is 9.84. The molecule has 2 aromatic heterocycles. The zero-order valence-electron chi connectivity index (χ0n) is 11.4. The minimum absolute atomic E-state index is 0.155. The Hall–Kier alpha value is -1.96. The molecule has 2 heterocycles. The quantitative estimate of drug-likeness (QED) is 0.829. The summed E-state index contributed by atoms with van der Waals surface area (Å²) in [6, 6.07) is 1.28. The minimum Gasteiger partial charge on any atom is -0.403 e. The molecular formula is C13H14N2O5S. The fourth-order valence-corrected chi connectivity index (χ4v) is 2.79. The van der Waals surface area contributed by atoms with Gasteiger partial charge in [0.25, 0.3) is 5.56 Å². The molecule has 0 radical (unpaired) electrons. The smallest absolute Gasteiger partial charge is 0.337 e. The van der Waals surface area contributed by atoms with Gasteiger partial charge < -0.3 is 4.42 Å². The van der Waals surface area contributed by atoms with E-state index in [0.29, 0.717) is 17.9 Å². The topological polar surface area (TPSA) is 110 Å². The molecule has 7 nitrogen and oxygen atoms in total. The molecule has 3 rings (SSSR count). The summed E-state index contributed by atoms with van der Waals surface area (Å²) in [5, 5.41) is -0.342. The van der Waals surface area contributed by atoms with Gasteiger partial charge in [-0.3, -0.25) is 9.78 Å². The Morgan fingerprint density at radius 2 is 2.10 bits per heavy atom. The third-order valence-electron chi connectivity index (χ3n) is 3.55. The summed E-state index contributed by atoms with van der Waals surface area (Å²) in [6.07, 6.45) is 4.74. The Labute approximate surface area is 119 Å². The first-order valence-corrected chi connectivity index (χ1v) is 8.51. The zero-order valence-corrected chi connectivity index (χ0v) is 12.2. The van der Waals surface area contributed by atoms with E-state index in [1.165, 1.54) is 18.9 Å². The second-order valence-electron chi connectivity index (χ2n) is 5.40. The molecule has 1 saturated carbocycles. The number of sulfone groups is 1. The molecule has 8 heteroatoms. The summed E-state index contributed by atoms with van der Waals surface area (Å²) in [7, 11) is -3.69. The molecule has 0 bridgehead atoms. The van der Waals surface area contributed by atoms with Gasteiger partial charge in [-0.05, 0) is 24.3 Å². The number of hydrogen-bond acceptors (Lipinski definition) is 6. The second-order valence-corrected chi connectivity index (χ2v) is 7.33. The third kappa shape index (κ3) is 2.90. The highest BCUT2D eigenvalue weighted by molar-refractivity contribution is 7.90. The average molecular weight is 310 g/mol. The molecule has 0 aromatic carbocycles. The van der Waals surface area contributed by atoms with Gasteiger partial charge in [-0.1, -0.05) is 12.8 Å². The Balaban J connectivity index is 2.20. The van der Waals surface area contributed by atoms with Crippen molar-refractivity contribution in [3.63, 3.8) is 0 Å². The van der Waals surface area contributed by atoms with Crippen LogP contribution in [0.1, 0.15) is 24.8 Å². The van der Waals surface area contributed by atoms with Gasteiger partial charge in [0.15, 0.2) is 0 Å². The zero-order chi connectivity index (χ0) is 15.2.